The smallest absolute Gasteiger partial charge is 0.256 e. The Kier molecular flexibility index (Phi) is 6.11. The molecule has 0 unspecified atom stereocenters. The lowest BCUT2D eigenvalue weighted by atomic mass is 10.0. The van der Waals surface area contributed by atoms with Crippen LogP contribution in [0.2, 0.25) is 0 Å². The summed E-state index contributed by atoms with van der Waals surface area (Å²) >= 11 is 0. The third-order valence-electron chi connectivity index (χ3n) is 5.27. The molecule has 0 spiro atoms. The summed E-state index contributed by atoms with van der Waals surface area (Å²) in [5.74, 6) is 0.562. The van der Waals surface area contributed by atoms with Crippen LogP contribution >= 0.6 is 0 Å². The van der Waals surface area contributed by atoms with Gasteiger partial charge >= 0.3 is 0 Å². The Morgan fingerprint density at radius 1 is 1.20 bits per heavy atom. The van der Waals surface area contributed by atoms with Crippen LogP contribution in [0.3, 0.4) is 0 Å². The zero-order chi connectivity index (χ0) is 20.9. The Morgan fingerprint density at radius 3 is 2.70 bits per heavy atom. The van der Waals surface area contributed by atoms with E-state index in [0.29, 0.717) is 24.2 Å². The van der Waals surface area contributed by atoms with E-state index in [1.807, 2.05) is 48.5 Å². The number of morpholine rings is 1. The van der Waals surface area contributed by atoms with Crippen LogP contribution < -0.4 is 15.4 Å². The number of hydrogen-bond acceptors (Lipinski definition) is 5. The maximum Gasteiger partial charge on any atom is 0.256 e. The van der Waals surface area contributed by atoms with E-state index in [1.165, 1.54) is 0 Å². The largest absolute Gasteiger partial charge is 0.497 e. The Balaban J connectivity index is 1.45. The highest BCUT2D eigenvalue weighted by Gasteiger charge is 2.24. The van der Waals surface area contributed by atoms with Gasteiger partial charge in [-0.25, -0.2) is 0 Å². The second-order valence-corrected chi connectivity index (χ2v) is 7.30. The third kappa shape index (κ3) is 4.69. The molecule has 156 valence electrons. The van der Waals surface area contributed by atoms with E-state index < -0.39 is 0 Å². The fourth-order valence-electron chi connectivity index (χ4n) is 3.58. The molecule has 2 aliphatic rings. The van der Waals surface area contributed by atoms with Gasteiger partial charge in [0, 0.05) is 48.6 Å². The number of amides is 2. The Bertz CT molecular complexity index is 963. The number of carbonyl (C=O) groups excluding carboxylic acids is 2. The first kappa shape index (κ1) is 20.1. The van der Waals surface area contributed by atoms with Crippen LogP contribution in [0.5, 0.6) is 5.75 Å². The van der Waals surface area contributed by atoms with Crippen LogP contribution in [-0.4, -0.2) is 56.7 Å². The lowest BCUT2D eigenvalue weighted by molar-refractivity contribution is -0.116. The zero-order valence-corrected chi connectivity index (χ0v) is 16.9. The quantitative estimate of drug-likeness (QED) is 0.720. The van der Waals surface area contributed by atoms with Gasteiger partial charge in [0.15, 0.2) is 0 Å². The molecule has 2 N–H and O–H groups in total. The molecule has 1 saturated heterocycles. The van der Waals surface area contributed by atoms with Gasteiger partial charge in [0.2, 0.25) is 5.91 Å². The van der Waals surface area contributed by atoms with Crippen molar-refractivity contribution in [2.24, 2.45) is 0 Å². The minimum Gasteiger partial charge on any atom is -0.497 e. The van der Waals surface area contributed by atoms with Gasteiger partial charge in [-0.1, -0.05) is 12.1 Å². The second kappa shape index (κ2) is 9.11. The molecule has 2 aromatic rings. The van der Waals surface area contributed by atoms with Crippen molar-refractivity contribution >= 4 is 34.8 Å². The van der Waals surface area contributed by atoms with E-state index >= 15 is 0 Å². The van der Waals surface area contributed by atoms with Gasteiger partial charge in [-0.15, -0.1) is 0 Å². The molecule has 2 heterocycles. The van der Waals surface area contributed by atoms with E-state index in [-0.39, 0.29) is 11.8 Å². The van der Waals surface area contributed by atoms with Crippen molar-refractivity contribution in [3.8, 4) is 5.75 Å². The van der Waals surface area contributed by atoms with Gasteiger partial charge < -0.3 is 20.1 Å². The predicted molar refractivity (Wildman–Crippen MR) is 116 cm³/mol. The molecular weight excluding hydrogens is 382 g/mol. The number of rotatable bonds is 6. The number of carbonyl (C=O) groups is 2. The summed E-state index contributed by atoms with van der Waals surface area (Å²) in [6.45, 7) is 3.87. The van der Waals surface area contributed by atoms with Gasteiger partial charge in [0.25, 0.3) is 5.91 Å². The molecule has 2 amide bonds. The van der Waals surface area contributed by atoms with Crippen molar-refractivity contribution < 1.29 is 19.1 Å². The number of nitrogens with one attached hydrogen (secondary N) is 2. The van der Waals surface area contributed by atoms with Gasteiger partial charge in [-0.2, -0.15) is 0 Å². The Labute approximate surface area is 175 Å². The third-order valence-corrected chi connectivity index (χ3v) is 5.27. The molecule has 0 radical (unpaired) electrons. The highest BCUT2D eigenvalue weighted by atomic mass is 16.5. The van der Waals surface area contributed by atoms with Gasteiger partial charge in [-0.05, 0) is 42.0 Å². The van der Waals surface area contributed by atoms with Crippen molar-refractivity contribution in [3.05, 3.63) is 53.6 Å². The topological polar surface area (TPSA) is 79.9 Å². The molecule has 0 bridgehead atoms. The molecule has 0 saturated carbocycles. The lowest BCUT2D eigenvalue weighted by Gasteiger charge is -2.26. The van der Waals surface area contributed by atoms with E-state index in [0.717, 1.165) is 48.9 Å². The van der Waals surface area contributed by atoms with Crippen LogP contribution in [0.15, 0.2) is 42.5 Å². The number of fused-ring (bicyclic) bond motifs is 1. The first-order chi connectivity index (χ1) is 14.6. The van der Waals surface area contributed by atoms with Crippen molar-refractivity contribution in [3.63, 3.8) is 0 Å². The minimum atomic E-state index is -0.156. The van der Waals surface area contributed by atoms with Crippen molar-refractivity contribution in [2.45, 2.75) is 6.42 Å². The van der Waals surface area contributed by atoms with Crippen molar-refractivity contribution in [2.75, 3.05) is 50.6 Å². The molecule has 7 heteroatoms. The molecule has 0 aromatic heterocycles. The number of ether oxygens (including phenoxy) is 2. The zero-order valence-electron chi connectivity index (χ0n) is 16.9. The molecule has 4 rings (SSSR count). The SMILES string of the molecule is COc1ccc(/C=C2/C(=O)Nc3ccc(NC(=O)CCN4CCOCC4)cc32)cc1. The average Bonchev–Trinajstić information content (AvgIpc) is 3.08. The van der Waals surface area contributed by atoms with Crippen molar-refractivity contribution in [1.29, 1.82) is 0 Å². The van der Waals surface area contributed by atoms with E-state index in [2.05, 4.69) is 15.5 Å². The number of nitrogens with zero attached hydrogens (tertiary/aromatic N) is 1. The Hall–Kier alpha value is -3.16. The van der Waals surface area contributed by atoms with Gasteiger partial charge in [0.05, 0.1) is 20.3 Å². The molecule has 0 aliphatic carbocycles. The highest BCUT2D eigenvalue weighted by molar-refractivity contribution is 6.35. The lowest BCUT2D eigenvalue weighted by Crippen LogP contribution is -2.38. The van der Waals surface area contributed by atoms with Crippen molar-refractivity contribution in [1.82, 2.24) is 4.90 Å². The summed E-state index contributed by atoms with van der Waals surface area (Å²) in [6, 6.07) is 13.0. The van der Waals surface area contributed by atoms with Crippen LogP contribution in [0.1, 0.15) is 17.5 Å². The maximum absolute atomic E-state index is 12.5. The van der Waals surface area contributed by atoms with Crippen LogP contribution in [0.25, 0.3) is 11.6 Å². The van der Waals surface area contributed by atoms with Crippen LogP contribution in [0, 0.1) is 0 Å². The molecule has 2 aliphatic heterocycles. The first-order valence-corrected chi connectivity index (χ1v) is 10.0. The fourth-order valence-corrected chi connectivity index (χ4v) is 3.58. The second-order valence-electron chi connectivity index (χ2n) is 7.30. The minimum absolute atomic E-state index is 0.0422. The van der Waals surface area contributed by atoms with E-state index in [1.54, 1.807) is 7.11 Å². The fraction of sp³-hybridized carbons (Fsp3) is 0.304. The molecule has 0 atom stereocenters. The van der Waals surface area contributed by atoms with E-state index in [9.17, 15) is 9.59 Å². The summed E-state index contributed by atoms with van der Waals surface area (Å²) in [5.41, 5.74) is 3.67. The Morgan fingerprint density at radius 2 is 1.97 bits per heavy atom. The summed E-state index contributed by atoms with van der Waals surface area (Å²) in [6.07, 6.45) is 2.26. The summed E-state index contributed by atoms with van der Waals surface area (Å²) in [5, 5.41) is 5.82. The van der Waals surface area contributed by atoms with Gasteiger partial charge in [-0.3, -0.25) is 14.5 Å². The highest BCUT2D eigenvalue weighted by Crippen LogP contribution is 2.35. The summed E-state index contributed by atoms with van der Waals surface area (Å²) < 4.78 is 10.5. The summed E-state index contributed by atoms with van der Waals surface area (Å²) in [7, 11) is 1.62. The maximum atomic E-state index is 12.5. The molecular formula is C23H25N3O4. The number of methoxy groups -OCH3 is 1. The average molecular weight is 407 g/mol. The predicted octanol–water partition coefficient (Wildman–Crippen LogP) is 2.85. The number of hydrogen-bond donors (Lipinski definition) is 2. The normalized spacial score (nSPS) is 17.5. The molecule has 30 heavy (non-hydrogen) atoms. The van der Waals surface area contributed by atoms with Crippen LogP contribution in [-0.2, 0) is 14.3 Å². The molecule has 7 nitrogen and oxygen atoms in total. The number of benzene rings is 2. The number of anilines is 2. The van der Waals surface area contributed by atoms with Gasteiger partial charge in [0.1, 0.15) is 5.75 Å². The monoisotopic (exact) mass is 407 g/mol. The molecule has 1 fully saturated rings. The van der Waals surface area contributed by atoms with Crippen LogP contribution in [0.4, 0.5) is 11.4 Å². The van der Waals surface area contributed by atoms with E-state index in [4.69, 9.17) is 9.47 Å². The first-order valence-electron chi connectivity index (χ1n) is 10.0. The summed E-state index contributed by atoms with van der Waals surface area (Å²) in [4.78, 5) is 27.1. The molecule has 2 aromatic carbocycles. The standard InChI is InChI=1S/C23H25N3O4/c1-29-18-5-2-16(3-6-18)14-20-19-15-17(4-7-21(19)25-23(20)28)24-22(27)8-9-26-10-12-30-13-11-26/h2-7,14-15H,8-13H2,1H3,(H,24,27)(H,25,28)/b20-14+.